The van der Waals surface area contributed by atoms with E-state index < -0.39 is 5.82 Å². The van der Waals surface area contributed by atoms with Gasteiger partial charge in [0.1, 0.15) is 11.9 Å². The van der Waals surface area contributed by atoms with Gasteiger partial charge in [0, 0.05) is 0 Å². The van der Waals surface area contributed by atoms with E-state index in [4.69, 9.17) is 5.26 Å². The molecule has 0 saturated carbocycles. The minimum atomic E-state index is -0.431. The van der Waals surface area contributed by atoms with Crippen molar-refractivity contribution in [3.05, 3.63) is 70.0 Å². The second kappa shape index (κ2) is 7.45. The molecule has 24 heavy (non-hydrogen) atoms. The number of aryl methyl sites for hydroxylation is 2. The molecule has 2 aromatic carbocycles. The quantitative estimate of drug-likeness (QED) is 0.628. The van der Waals surface area contributed by atoms with Gasteiger partial charge < -0.3 is 0 Å². The van der Waals surface area contributed by atoms with Gasteiger partial charge in [0.25, 0.3) is 0 Å². The Bertz CT molecular complexity index is 794. The number of nitriles is 1. The molecule has 0 unspecified atom stereocenters. The van der Waals surface area contributed by atoms with E-state index in [2.05, 4.69) is 37.3 Å². The van der Waals surface area contributed by atoms with E-state index in [1.807, 2.05) is 6.07 Å². The molecular formula is C22H22FN. The monoisotopic (exact) mass is 319 g/mol. The first-order valence-electron chi connectivity index (χ1n) is 8.73. The Balaban J connectivity index is 1.81. The van der Waals surface area contributed by atoms with E-state index in [1.165, 1.54) is 42.0 Å². The third-order valence-electron chi connectivity index (χ3n) is 4.74. The first-order valence-corrected chi connectivity index (χ1v) is 8.73. The molecule has 2 aromatic rings. The van der Waals surface area contributed by atoms with E-state index in [1.54, 1.807) is 6.07 Å². The Labute approximate surface area is 143 Å². The van der Waals surface area contributed by atoms with Crippen LogP contribution in [0.1, 0.15) is 60.4 Å². The van der Waals surface area contributed by atoms with Gasteiger partial charge in [0.05, 0.1) is 5.56 Å². The van der Waals surface area contributed by atoms with E-state index >= 15 is 0 Å². The van der Waals surface area contributed by atoms with Crippen LogP contribution in [-0.4, -0.2) is 0 Å². The van der Waals surface area contributed by atoms with Crippen molar-refractivity contribution in [2.24, 2.45) is 0 Å². The Morgan fingerprint density at radius 3 is 2.58 bits per heavy atom. The molecule has 0 bridgehead atoms. The summed E-state index contributed by atoms with van der Waals surface area (Å²) >= 11 is 0. The average Bonchev–Trinajstić information content (AvgIpc) is 2.61. The van der Waals surface area contributed by atoms with Crippen molar-refractivity contribution in [1.82, 2.24) is 0 Å². The largest absolute Gasteiger partial charge is 0.206 e. The van der Waals surface area contributed by atoms with Gasteiger partial charge in [-0.25, -0.2) is 4.39 Å². The lowest BCUT2D eigenvalue weighted by atomic mass is 9.87. The topological polar surface area (TPSA) is 23.8 Å². The van der Waals surface area contributed by atoms with Gasteiger partial charge in [-0.05, 0) is 65.6 Å². The molecule has 1 aliphatic rings. The molecular weight excluding hydrogens is 297 g/mol. The summed E-state index contributed by atoms with van der Waals surface area (Å²) in [6.45, 7) is 2.22. The maximum absolute atomic E-state index is 13.9. The molecule has 1 nitrogen and oxygen atoms in total. The lowest BCUT2D eigenvalue weighted by molar-refractivity contribution is 0.622. The molecule has 122 valence electrons. The zero-order chi connectivity index (χ0) is 16.9. The van der Waals surface area contributed by atoms with Crippen LogP contribution in [-0.2, 0) is 12.8 Å². The van der Waals surface area contributed by atoms with Crippen LogP contribution in [0.5, 0.6) is 0 Å². The number of nitrogens with zero attached hydrogens (tertiary/aromatic N) is 1. The van der Waals surface area contributed by atoms with Gasteiger partial charge >= 0.3 is 0 Å². The van der Waals surface area contributed by atoms with Crippen LogP contribution < -0.4 is 0 Å². The molecule has 0 N–H and O–H groups in total. The molecule has 3 rings (SSSR count). The minimum absolute atomic E-state index is 0.141. The summed E-state index contributed by atoms with van der Waals surface area (Å²) in [6.07, 6.45) is 8.75. The van der Waals surface area contributed by atoms with Crippen molar-refractivity contribution in [1.29, 1.82) is 5.26 Å². The van der Waals surface area contributed by atoms with Gasteiger partial charge in [0.2, 0.25) is 0 Å². The van der Waals surface area contributed by atoms with E-state index in [-0.39, 0.29) is 5.56 Å². The van der Waals surface area contributed by atoms with Crippen LogP contribution in [0, 0.1) is 17.1 Å². The summed E-state index contributed by atoms with van der Waals surface area (Å²) < 4.78 is 13.9. The molecule has 0 amide bonds. The highest BCUT2D eigenvalue weighted by Crippen LogP contribution is 2.31. The smallest absolute Gasteiger partial charge is 0.141 e. The molecule has 0 saturated heterocycles. The highest BCUT2D eigenvalue weighted by Gasteiger charge is 2.15. The first-order chi connectivity index (χ1) is 11.7. The lowest BCUT2D eigenvalue weighted by Crippen LogP contribution is -2.01. The second-order valence-electron chi connectivity index (χ2n) is 6.47. The van der Waals surface area contributed by atoms with E-state index in [9.17, 15) is 4.39 Å². The minimum Gasteiger partial charge on any atom is -0.206 e. The second-order valence-corrected chi connectivity index (χ2v) is 6.47. The summed E-state index contributed by atoms with van der Waals surface area (Å²) in [5.41, 5.74) is 5.94. The van der Waals surface area contributed by atoms with Gasteiger partial charge in [0.15, 0.2) is 0 Å². The van der Waals surface area contributed by atoms with Crippen LogP contribution in [0.4, 0.5) is 4.39 Å². The summed E-state index contributed by atoms with van der Waals surface area (Å²) in [4.78, 5) is 0. The predicted octanol–water partition coefficient (Wildman–Crippen LogP) is 5.92. The molecule has 0 heterocycles. The van der Waals surface area contributed by atoms with Crippen LogP contribution in [0.3, 0.4) is 0 Å². The van der Waals surface area contributed by atoms with Crippen molar-refractivity contribution in [3.63, 3.8) is 0 Å². The fourth-order valence-electron chi connectivity index (χ4n) is 3.29. The van der Waals surface area contributed by atoms with E-state index in [0.29, 0.717) is 0 Å². The predicted molar refractivity (Wildman–Crippen MR) is 97.0 cm³/mol. The van der Waals surface area contributed by atoms with Crippen LogP contribution in [0.25, 0.3) is 11.6 Å². The standard InChI is InChI=1S/C22H22FN/c1-2-3-4-5-16-6-8-17(9-7-16)18-10-11-19-13-21(15-24)22(23)14-20(19)12-18/h6-9,12-14H,2-5,10-11H2,1H3. The van der Waals surface area contributed by atoms with Gasteiger partial charge in [-0.2, -0.15) is 5.26 Å². The van der Waals surface area contributed by atoms with Gasteiger partial charge in [-0.1, -0.05) is 50.1 Å². The average molecular weight is 319 g/mol. The molecule has 0 radical (unpaired) electrons. The summed E-state index contributed by atoms with van der Waals surface area (Å²) in [6, 6.07) is 13.9. The van der Waals surface area contributed by atoms with Crippen LogP contribution in [0.2, 0.25) is 0 Å². The SMILES string of the molecule is CCCCCc1ccc(C2=Cc3cc(F)c(C#N)cc3CC2)cc1. The molecule has 0 aromatic heterocycles. The molecule has 0 spiro atoms. The van der Waals surface area contributed by atoms with Crippen LogP contribution in [0.15, 0.2) is 36.4 Å². The summed E-state index contributed by atoms with van der Waals surface area (Å²) in [7, 11) is 0. The molecule has 2 heteroatoms. The number of fused-ring (bicyclic) bond motifs is 1. The van der Waals surface area contributed by atoms with Crippen molar-refractivity contribution in [2.45, 2.75) is 45.4 Å². The highest BCUT2D eigenvalue weighted by molar-refractivity contribution is 5.84. The Kier molecular flexibility index (Phi) is 5.11. The first kappa shape index (κ1) is 16.5. The Morgan fingerprint density at radius 1 is 1.08 bits per heavy atom. The van der Waals surface area contributed by atoms with Crippen molar-refractivity contribution < 1.29 is 4.39 Å². The number of halogens is 1. The van der Waals surface area contributed by atoms with Crippen molar-refractivity contribution in [2.75, 3.05) is 0 Å². The molecule has 0 fully saturated rings. The third kappa shape index (κ3) is 3.57. The highest BCUT2D eigenvalue weighted by atomic mass is 19.1. The molecule has 1 aliphatic carbocycles. The van der Waals surface area contributed by atoms with Gasteiger partial charge in [-0.15, -0.1) is 0 Å². The zero-order valence-electron chi connectivity index (χ0n) is 14.1. The maximum Gasteiger partial charge on any atom is 0.141 e. The van der Waals surface area contributed by atoms with Crippen molar-refractivity contribution >= 4 is 11.6 Å². The van der Waals surface area contributed by atoms with Gasteiger partial charge in [-0.3, -0.25) is 0 Å². The Hall–Kier alpha value is -2.40. The number of hydrogen-bond acceptors (Lipinski definition) is 1. The zero-order valence-corrected chi connectivity index (χ0v) is 14.1. The van der Waals surface area contributed by atoms with Crippen LogP contribution >= 0.6 is 0 Å². The van der Waals surface area contributed by atoms with E-state index in [0.717, 1.165) is 30.4 Å². The maximum atomic E-state index is 13.9. The lowest BCUT2D eigenvalue weighted by Gasteiger charge is -2.17. The Morgan fingerprint density at radius 2 is 1.88 bits per heavy atom. The number of allylic oxidation sites excluding steroid dienone is 1. The summed E-state index contributed by atoms with van der Waals surface area (Å²) in [5, 5.41) is 8.95. The fourth-order valence-corrected chi connectivity index (χ4v) is 3.29. The van der Waals surface area contributed by atoms with Crippen molar-refractivity contribution in [3.8, 4) is 6.07 Å². The number of unbranched alkanes of at least 4 members (excludes halogenated alkanes) is 2. The number of rotatable bonds is 5. The molecule has 0 atom stereocenters. The number of hydrogen-bond donors (Lipinski definition) is 0. The number of benzene rings is 2. The molecule has 0 aliphatic heterocycles. The normalized spacial score (nSPS) is 13.1. The fraction of sp³-hybridized carbons (Fsp3) is 0.318. The summed E-state index contributed by atoms with van der Waals surface area (Å²) in [5.74, 6) is -0.431. The third-order valence-corrected chi connectivity index (χ3v) is 4.74.